The molecule has 4 rings (SSSR count). The number of benzene rings is 1. The summed E-state index contributed by atoms with van der Waals surface area (Å²) in [7, 11) is 0. The minimum Gasteiger partial charge on any atom is -0.308 e. The van der Waals surface area contributed by atoms with Crippen LogP contribution in [-0.2, 0) is 13.1 Å². The van der Waals surface area contributed by atoms with Crippen LogP contribution < -0.4 is 5.32 Å². The summed E-state index contributed by atoms with van der Waals surface area (Å²) in [5, 5.41) is 10.8. The fourth-order valence-electron chi connectivity index (χ4n) is 4.33. The van der Waals surface area contributed by atoms with Gasteiger partial charge in [-0.2, -0.15) is 5.10 Å². The zero-order chi connectivity index (χ0) is 15.5. The van der Waals surface area contributed by atoms with Gasteiger partial charge >= 0.3 is 0 Å². The summed E-state index contributed by atoms with van der Waals surface area (Å²) >= 11 is 0. The molecule has 0 aliphatic carbocycles. The molecule has 1 aromatic heterocycles. The average molecular weight is 310 g/mol. The monoisotopic (exact) mass is 310 g/mol. The maximum atomic E-state index is 4.03. The van der Waals surface area contributed by atoms with Crippen LogP contribution in [0.4, 0.5) is 0 Å². The summed E-state index contributed by atoms with van der Waals surface area (Å²) in [5.41, 5.74) is 2.63. The minimum absolute atomic E-state index is 0.639. The van der Waals surface area contributed by atoms with E-state index in [9.17, 15) is 0 Å². The topological polar surface area (TPSA) is 44.0 Å². The number of nitrogens with zero attached hydrogens (tertiary/aromatic N) is 2. The highest BCUT2D eigenvalue weighted by Crippen LogP contribution is 2.35. The zero-order valence-corrected chi connectivity index (χ0v) is 13.6. The molecular formula is C19H26N4. The third-order valence-electron chi connectivity index (χ3n) is 5.47. The van der Waals surface area contributed by atoms with Gasteiger partial charge in [-0.15, -0.1) is 0 Å². The van der Waals surface area contributed by atoms with Gasteiger partial charge in [-0.05, 0) is 37.3 Å². The molecule has 3 heterocycles. The lowest BCUT2D eigenvalue weighted by atomic mass is 9.81. The van der Waals surface area contributed by atoms with Gasteiger partial charge in [0.25, 0.3) is 0 Å². The van der Waals surface area contributed by atoms with E-state index < -0.39 is 0 Å². The minimum atomic E-state index is 0.639. The maximum absolute atomic E-state index is 4.03. The van der Waals surface area contributed by atoms with Crippen molar-refractivity contribution >= 4 is 0 Å². The summed E-state index contributed by atoms with van der Waals surface area (Å²) < 4.78 is 0. The van der Waals surface area contributed by atoms with Gasteiger partial charge in [0.05, 0.1) is 0 Å². The summed E-state index contributed by atoms with van der Waals surface area (Å²) in [6.45, 7) is 2.02. The fraction of sp³-hybridized carbons (Fsp3) is 0.526. The highest BCUT2D eigenvalue weighted by atomic mass is 15.2. The van der Waals surface area contributed by atoms with Crippen LogP contribution in [0.1, 0.15) is 43.4 Å². The maximum Gasteiger partial charge on any atom is 0.0490 e. The molecule has 2 fully saturated rings. The lowest BCUT2D eigenvalue weighted by Crippen LogP contribution is -2.55. The highest BCUT2D eigenvalue weighted by molar-refractivity contribution is 5.15. The third kappa shape index (κ3) is 3.48. The highest BCUT2D eigenvalue weighted by Gasteiger charge is 2.37. The normalized spacial score (nSPS) is 27.9. The molecule has 2 bridgehead atoms. The van der Waals surface area contributed by atoms with Crippen LogP contribution in [0.2, 0.25) is 0 Å². The Labute approximate surface area is 138 Å². The van der Waals surface area contributed by atoms with E-state index in [0.717, 1.165) is 25.2 Å². The molecule has 4 nitrogen and oxygen atoms in total. The number of piperidine rings is 2. The second-order valence-electron chi connectivity index (χ2n) is 7.03. The van der Waals surface area contributed by atoms with E-state index in [2.05, 4.69) is 56.8 Å². The first-order valence-electron chi connectivity index (χ1n) is 8.90. The molecule has 1 aromatic carbocycles. The van der Waals surface area contributed by atoms with Crippen molar-refractivity contribution in [2.75, 3.05) is 0 Å². The third-order valence-corrected chi connectivity index (χ3v) is 5.47. The lowest BCUT2D eigenvalue weighted by Gasteiger charge is -2.49. The molecular weight excluding hydrogens is 284 g/mol. The molecule has 2 aromatic rings. The summed E-state index contributed by atoms with van der Waals surface area (Å²) in [4.78, 5) is 2.77. The first-order chi connectivity index (χ1) is 11.4. The van der Waals surface area contributed by atoms with Gasteiger partial charge in [0.15, 0.2) is 0 Å². The average Bonchev–Trinajstić information content (AvgIpc) is 3.08. The molecule has 2 saturated heterocycles. The molecule has 23 heavy (non-hydrogen) atoms. The van der Waals surface area contributed by atoms with Crippen molar-refractivity contribution in [3.05, 3.63) is 53.9 Å². The number of aromatic nitrogens is 2. The van der Waals surface area contributed by atoms with Crippen molar-refractivity contribution in [2.45, 2.75) is 63.3 Å². The first kappa shape index (κ1) is 14.9. The molecule has 0 saturated carbocycles. The van der Waals surface area contributed by atoms with E-state index in [4.69, 9.17) is 0 Å². The number of nitrogens with one attached hydrogen (secondary N) is 2. The predicted molar refractivity (Wildman–Crippen MR) is 91.9 cm³/mol. The Hall–Kier alpha value is -1.65. The van der Waals surface area contributed by atoms with E-state index in [1.54, 1.807) is 0 Å². The van der Waals surface area contributed by atoms with E-state index in [0.29, 0.717) is 6.04 Å². The second kappa shape index (κ2) is 6.85. The van der Waals surface area contributed by atoms with Gasteiger partial charge in [-0.3, -0.25) is 10.00 Å². The van der Waals surface area contributed by atoms with E-state index >= 15 is 0 Å². The Morgan fingerprint density at radius 1 is 1.09 bits per heavy atom. The Bertz CT molecular complexity index is 581. The second-order valence-corrected chi connectivity index (χ2v) is 7.03. The summed E-state index contributed by atoms with van der Waals surface area (Å²) in [6.07, 6.45) is 8.48. The van der Waals surface area contributed by atoms with Crippen molar-refractivity contribution in [3.63, 3.8) is 0 Å². The van der Waals surface area contributed by atoms with Crippen LogP contribution in [0.3, 0.4) is 0 Å². The number of H-pyrrole nitrogens is 1. The van der Waals surface area contributed by atoms with Gasteiger partial charge in [0.1, 0.15) is 0 Å². The summed E-state index contributed by atoms with van der Waals surface area (Å²) in [6, 6.07) is 15.1. The molecule has 0 spiro atoms. The molecule has 2 aliphatic heterocycles. The lowest BCUT2D eigenvalue weighted by molar-refractivity contribution is 0.0173. The molecule has 122 valence electrons. The quantitative estimate of drug-likeness (QED) is 0.892. The Kier molecular flexibility index (Phi) is 4.44. The molecule has 2 atom stereocenters. The number of fused-ring (bicyclic) bond motifs is 2. The van der Waals surface area contributed by atoms with Crippen LogP contribution in [0.25, 0.3) is 0 Å². The van der Waals surface area contributed by atoms with Crippen LogP contribution in [0.5, 0.6) is 0 Å². The Morgan fingerprint density at radius 2 is 1.87 bits per heavy atom. The van der Waals surface area contributed by atoms with Crippen molar-refractivity contribution in [3.8, 4) is 0 Å². The summed E-state index contributed by atoms with van der Waals surface area (Å²) in [5.74, 6) is 0. The number of hydrogen-bond donors (Lipinski definition) is 2. The molecule has 0 amide bonds. The van der Waals surface area contributed by atoms with Crippen molar-refractivity contribution in [1.29, 1.82) is 0 Å². The molecule has 2 unspecified atom stereocenters. The molecule has 4 heteroatoms. The number of rotatable bonds is 5. The molecule has 2 N–H and O–H groups in total. The zero-order valence-electron chi connectivity index (χ0n) is 13.6. The van der Waals surface area contributed by atoms with E-state index in [1.165, 1.54) is 43.4 Å². The largest absolute Gasteiger partial charge is 0.308 e. The standard InChI is InChI=1S/C19H26N4/c1-2-5-15(6-3-1)14-23-18-7-4-8-19(23)12-17(11-18)20-13-16-9-10-21-22-16/h1-3,5-6,9-10,17-20H,4,7-8,11-14H2,(H,21,22). The van der Waals surface area contributed by atoms with Crippen LogP contribution in [-0.4, -0.2) is 33.2 Å². The predicted octanol–water partition coefficient (Wildman–Crippen LogP) is 3.09. The first-order valence-corrected chi connectivity index (χ1v) is 8.90. The molecule has 2 aliphatic rings. The van der Waals surface area contributed by atoms with E-state index in [-0.39, 0.29) is 0 Å². The Balaban J connectivity index is 1.38. The van der Waals surface area contributed by atoms with Crippen LogP contribution >= 0.6 is 0 Å². The fourth-order valence-corrected chi connectivity index (χ4v) is 4.33. The van der Waals surface area contributed by atoms with Gasteiger partial charge < -0.3 is 5.32 Å². The number of aromatic amines is 1. The van der Waals surface area contributed by atoms with Gasteiger partial charge in [0.2, 0.25) is 0 Å². The SMILES string of the molecule is c1ccc(CN2C3CCCC2CC(NCc2ccn[nH]2)C3)cc1. The van der Waals surface area contributed by atoms with E-state index in [1.807, 2.05) is 6.20 Å². The van der Waals surface area contributed by atoms with Gasteiger partial charge in [-0.1, -0.05) is 36.8 Å². The van der Waals surface area contributed by atoms with Crippen molar-refractivity contribution in [1.82, 2.24) is 20.4 Å². The van der Waals surface area contributed by atoms with Crippen molar-refractivity contribution < 1.29 is 0 Å². The Morgan fingerprint density at radius 3 is 2.57 bits per heavy atom. The number of hydrogen-bond acceptors (Lipinski definition) is 3. The van der Waals surface area contributed by atoms with Crippen LogP contribution in [0.15, 0.2) is 42.6 Å². The van der Waals surface area contributed by atoms with Gasteiger partial charge in [0, 0.05) is 43.1 Å². The van der Waals surface area contributed by atoms with Crippen LogP contribution in [0, 0.1) is 0 Å². The smallest absolute Gasteiger partial charge is 0.0490 e. The van der Waals surface area contributed by atoms with Crippen molar-refractivity contribution in [2.24, 2.45) is 0 Å². The van der Waals surface area contributed by atoms with Gasteiger partial charge in [-0.25, -0.2) is 0 Å². The molecule has 0 radical (unpaired) electrons.